The van der Waals surface area contributed by atoms with Crippen LogP contribution in [0.1, 0.15) is 26.3 Å². The van der Waals surface area contributed by atoms with Gasteiger partial charge in [-0.3, -0.25) is 0 Å². The highest BCUT2D eigenvalue weighted by Gasteiger charge is 2.06. The number of benzene rings is 2. The number of hydrogen-bond donors (Lipinski definition) is 0. The smallest absolute Gasteiger partial charge is 0.227 e. The quantitative estimate of drug-likeness (QED) is 0.584. The molecular weight excluding hydrogens is 246 g/mol. The van der Waals surface area contributed by atoms with Crippen LogP contribution < -0.4 is 0 Å². The SMILES string of the molecule is CC(C)C.Cc1ccc2oc(-c3ccccc3)nc2c1. The molecule has 0 saturated carbocycles. The van der Waals surface area contributed by atoms with Crippen LogP contribution in [0.5, 0.6) is 0 Å². The lowest BCUT2D eigenvalue weighted by Crippen LogP contribution is -1.75. The van der Waals surface area contributed by atoms with Crippen molar-refractivity contribution in [2.75, 3.05) is 0 Å². The number of aromatic nitrogens is 1. The van der Waals surface area contributed by atoms with Crippen LogP contribution in [0, 0.1) is 12.8 Å². The van der Waals surface area contributed by atoms with E-state index in [4.69, 9.17) is 4.42 Å². The predicted molar refractivity (Wildman–Crippen MR) is 84.7 cm³/mol. The van der Waals surface area contributed by atoms with Crippen LogP contribution in [-0.4, -0.2) is 4.98 Å². The second kappa shape index (κ2) is 6.38. The Morgan fingerprint density at radius 3 is 2.25 bits per heavy atom. The molecule has 2 heteroatoms. The summed E-state index contributed by atoms with van der Waals surface area (Å²) in [7, 11) is 0. The summed E-state index contributed by atoms with van der Waals surface area (Å²) < 4.78 is 5.70. The van der Waals surface area contributed by atoms with Crippen molar-refractivity contribution in [3.8, 4) is 11.5 Å². The predicted octanol–water partition coefficient (Wildman–Crippen LogP) is 5.47. The molecule has 0 spiro atoms. The first kappa shape index (κ1) is 14.3. The van der Waals surface area contributed by atoms with Gasteiger partial charge in [0.05, 0.1) is 0 Å². The fourth-order valence-electron chi connectivity index (χ4n) is 1.74. The number of rotatable bonds is 1. The van der Waals surface area contributed by atoms with E-state index in [0.29, 0.717) is 5.89 Å². The van der Waals surface area contributed by atoms with Gasteiger partial charge in [-0.1, -0.05) is 45.0 Å². The Hall–Kier alpha value is -2.09. The minimum atomic E-state index is 0.682. The minimum Gasteiger partial charge on any atom is -0.436 e. The Morgan fingerprint density at radius 2 is 1.60 bits per heavy atom. The Balaban J connectivity index is 0.000000328. The fraction of sp³-hybridized carbons (Fsp3) is 0.278. The average Bonchev–Trinajstić information content (AvgIpc) is 2.82. The molecule has 3 aromatic rings. The van der Waals surface area contributed by atoms with E-state index in [2.05, 4.69) is 32.7 Å². The number of fused-ring (bicyclic) bond motifs is 1. The van der Waals surface area contributed by atoms with Crippen molar-refractivity contribution in [1.82, 2.24) is 4.98 Å². The van der Waals surface area contributed by atoms with Crippen LogP contribution in [-0.2, 0) is 0 Å². The highest BCUT2D eigenvalue weighted by atomic mass is 16.3. The lowest BCUT2D eigenvalue weighted by Gasteiger charge is -1.91. The van der Waals surface area contributed by atoms with Gasteiger partial charge in [0, 0.05) is 5.56 Å². The monoisotopic (exact) mass is 267 g/mol. The summed E-state index contributed by atoms with van der Waals surface area (Å²) in [5.74, 6) is 1.52. The molecule has 1 heterocycles. The summed E-state index contributed by atoms with van der Waals surface area (Å²) in [6.07, 6.45) is 0. The first-order valence-corrected chi connectivity index (χ1v) is 6.99. The lowest BCUT2D eigenvalue weighted by atomic mass is 10.2. The zero-order chi connectivity index (χ0) is 14.5. The molecular formula is C18H21NO. The number of oxazole rings is 1. The highest BCUT2D eigenvalue weighted by molar-refractivity contribution is 5.76. The van der Waals surface area contributed by atoms with Gasteiger partial charge in [0.25, 0.3) is 0 Å². The maximum absolute atomic E-state index is 5.70. The summed E-state index contributed by atoms with van der Waals surface area (Å²) in [5, 5.41) is 0. The normalized spacial score (nSPS) is 10.4. The van der Waals surface area contributed by atoms with E-state index in [1.807, 2.05) is 48.5 Å². The van der Waals surface area contributed by atoms with E-state index in [1.165, 1.54) is 5.56 Å². The number of aryl methyl sites for hydroxylation is 1. The van der Waals surface area contributed by atoms with E-state index in [-0.39, 0.29) is 0 Å². The second-order valence-corrected chi connectivity index (χ2v) is 5.59. The molecule has 3 rings (SSSR count). The van der Waals surface area contributed by atoms with Crippen molar-refractivity contribution in [2.45, 2.75) is 27.7 Å². The van der Waals surface area contributed by atoms with Gasteiger partial charge in [0.15, 0.2) is 5.58 Å². The number of nitrogens with zero attached hydrogens (tertiary/aromatic N) is 1. The van der Waals surface area contributed by atoms with Crippen molar-refractivity contribution < 1.29 is 4.42 Å². The van der Waals surface area contributed by atoms with Crippen molar-refractivity contribution >= 4 is 11.1 Å². The zero-order valence-corrected chi connectivity index (χ0v) is 12.6. The summed E-state index contributed by atoms with van der Waals surface area (Å²) in [6, 6.07) is 16.0. The lowest BCUT2D eigenvalue weighted by molar-refractivity contribution is 0.620. The van der Waals surface area contributed by atoms with E-state index in [0.717, 1.165) is 22.6 Å². The summed E-state index contributed by atoms with van der Waals surface area (Å²) in [4.78, 5) is 4.48. The van der Waals surface area contributed by atoms with Gasteiger partial charge in [0.1, 0.15) is 5.52 Å². The molecule has 0 radical (unpaired) electrons. The molecule has 20 heavy (non-hydrogen) atoms. The summed E-state index contributed by atoms with van der Waals surface area (Å²) in [5.41, 5.74) is 3.96. The Bertz CT molecular complexity index is 665. The standard InChI is InChI=1S/C14H11NO.C4H10/c1-10-7-8-13-12(9-10)15-14(16-13)11-5-3-2-4-6-11;1-4(2)3/h2-9H,1H3;4H,1-3H3. The topological polar surface area (TPSA) is 26.0 Å². The molecule has 0 fully saturated rings. The minimum absolute atomic E-state index is 0.682. The van der Waals surface area contributed by atoms with E-state index >= 15 is 0 Å². The molecule has 0 amide bonds. The van der Waals surface area contributed by atoms with Crippen LogP contribution in [0.4, 0.5) is 0 Å². The maximum atomic E-state index is 5.70. The Labute approximate surface area is 120 Å². The van der Waals surface area contributed by atoms with Gasteiger partial charge in [-0.05, 0) is 42.7 Å². The third-order valence-corrected chi connectivity index (χ3v) is 2.56. The average molecular weight is 267 g/mol. The molecule has 0 aliphatic rings. The molecule has 1 aromatic heterocycles. The molecule has 2 aromatic carbocycles. The zero-order valence-electron chi connectivity index (χ0n) is 12.6. The molecule has 2 nitrogen and oxygen atoms in total. The van der Waals surface area contributed by atoms with Crippen LogP contribution in [0.3, 0.4) is 0 Å². The second-order valence-electron chi connectivity index (χ2n) is 5.59. The van der Waals surface area contributed by atoms with Crippen LogP contribution in [0.15, 0.2) is 52.9 Å². The van der Waals surface area contributed by atoms with Gasteiger partial charge < -0.3 is 4.42 Å². The van der Waals surface area contributed by atoms with Crippen molar-refractivity contribution in [3.05, 3.63) is 54.1 Å². The third kappa shape index (κ3) is 3.70. The van der Waals surface area contributed by atoms with Gasteiger partial charge in [0.2, 0.25) is 5.89 Å². The molecule has 0 atom stereocenters. The fourth-order valence-corrected chi connectivity index (χ4v) is 1.74. The van der Waals surface area contributed by atoms with Gasteiger partial charge in [-0.15, -0.1) is 0 Å². The Morgan fingerprint density at radius 1 is 0.950 bits per heavy atom. The first-order chi connectivity index (χ1) is 9.56. The molecule has 0 aliphatic carbocycles. The molecule has 0 saturated heterocycles. The maximum Gasteiger partial charge on any atom is 0.227 e. The highest BCUT2D eigenvalue weighted by Crippen LogP contribution is 2.24. The summed E-state index contributed by atoms with van der Waals surface area (Å²) in [6.45, 7) is 8.55. The van der Waals surface area contributed by atoms with Gasteiger partial charge in [-0.2, -0.15) is 0 Å². The van der Waals surface area contributed by atoms with Crippen LogP contribution >= 0.6 is 0 Å². The molecule has 0 bridgehead atoms. The third-order valence-electron chi connectivity index (χ3n) is 2.56. The van der Waals surface area contributed by atoms with E-state index in [9.17, 15) is 0 Å². The van der Waals surface area contributed by atoms with Crippen molar-refractivity contribution in [1.29, 1.82) is 0 Å². The van der Waals surface area contributed by atoms with Gasteiger partial charge >= 0.3 is 0 Å². The summed E-state index contributed by atoms with van der Waals surface area (Å²) >= 11 is 0. The van der Waals surface area contributed by atoms with Gasteiger partial charge in [-0.25, -0.2) is 4.98 Å². The van der Waals surface area contributed by atoms with Crippen molar-refractivity contribution in [3.63, 3.8) is 0 Å². The van der Waals surface area contributed by atoms with Crippen molar-refractivity contribution in [2.24, 2.45) is 5.92 Å². The van der Waals surface area contributed by atoms with E-state index in [1.54, 1.807) is 0 Å². The largest absolute Gasteiger partial charge is 0.436 e. The molecule has 0 N–H and O–H groups in total. The first-order valence-electron chi connectivity index (χ1n) is 6.99. The van der Waals surface area contributed by atoms with Crippen LogP contribution in [0.25, 0.3) is 22.6 Å². The Kier molecular flexibility index (Phi) is 4.57. The molecule has 0 unspecified atom stereocenters. The van der Waals surface area contributed by atoms with Crippen LogP contribution in [0.2, 0.25) is 0 Å². The molecule has 104 valence electrons. The molecule has 0 aliphatic heterocycles. The van der Waals surface area contributed by atoms with E-state index < -0.39 is 0 Å². The number of hydrogen-bond acceptors (Lipinski definition) is 2.